The van der Waals surface area contributed by atoms with Crippen LogP contribution in [0.3, 0.4) is 0 Å². The van der Waals surface area contributed by atoms with Crippen molar-refractivity contribution in [3.63, 3.8) is 0 Å². The highest BCUT2D eigenvalue weighted by molar-refractivity contribution is 5.90. The van der Waals surface area contributed by atoms with E-state index >= 15 is 0 Å². The van der Waals surface area contributed by atoms with Crippen LogP contribution in [-0.4, -0.2) is 27.3 Å². The summed E-state index contributed by atoms with van der Waals surface area (Å²) in [6.45, 7) is 4.93. The number of aryl methyl sites for hydroxylation is 2. The van der Waals surface area contributed by atoms with Gasteiger partial charge in [-0.1, -0.05) is 0 Å². The third-order valence-electron chi connectivity index (χ3n) is 2.79. The molecule has 0 aromatic carbocycles. The Labute approximate surface area is 116 Å². The number of oxazole rings is 1. The van der Waals surface area contributed by atoms with Crippen molar-refractivity contribution in [3.8, 4) is 0 Å². The Morgan fingerprint density at radius 2 is 2.25 bits per heavy atom. The Balaban J connectivity index is 1.98. The number of carbonyl (C=O) groups excluding carboxylic acids is 1. The van der Waals surface area contributed by atoms with Crippen molar-refractivity contribution < 1.29 is 13.9 Å². The molecule has 108 valence electrons. The van der Waals surface area contributed by atoms with Gasteiger partial charge in [0.05, 0.1) is 31.2 Å². The van der Waals surface area contributed by atoms with Crippen molar-refractivity contribution in [3.05, 3.63) is 35.3 Å². The summed E-state index contributed by atoms with van der Waals surface area (Å²) < 4.78 is 12.0. The summed E-state index contributed by atoms with van der Waals surface area (Å²) in [6, 6.07) is 0. The summed E-state index contributed by atoms with van der Waals surface area (Å²) in [5.41, 5.74) is 1.25. The van der Waals surface area contributed by atoms with Crippen LogP contribution in [0.2, 0.25) is 0 Å². The van der Waals surface area contributed by atoms with Gasteiger partial charge in [0.1, 0.15) is 11.3 Å². The smallest absolute Gasteiger partial charge is 0.341 e. The second kappa shape index (κ2) is 6.33. The maximum absolute atomic E-state index is 11.8. The number of hydrogen-bond acceptors (Lipinski definition) is 6. The average molecular weight is 278 g/mol. The zero-order chi connectivity index (χ0) is 14.5. The molecule has 0 spiro atoms. The molecule has 0 saturated heterocycles. The highest BCUT2D eigenvalue weighted by atomic mass is 16.5. The van der Waals surface area contributed by atoms with Gasteiger partial charge in [0.15, 0.2) is 0 Å². The molecule has 0 aliphatic heterocycles. The summed E-state index contributed by atoms with van der Waals surface area (Å²) in [5, 5.41) is 7.26. The van der Waals surface area contributed by atoms with Crippen LogP contribution >= 0.6 is 0 Å². The lowest BCUT2D eigenvalue weighted by molar-refractivity contribution is 0.0524. The van der Waals surface area contributed by atoms with Crippen LogP contribution < -0.4 is 5.32 Å². The molecule has 1 N–H and O–H groups in total. The Bertz CT molecular complexity index is 588. The van der Waals surface area contributed by atoms with Crippen LogP contribution in [0.15, 0.2) is 16.8 Å². The molecule has 0 fully saturated rings. The number of hydrogen-bond donors (Lipinski definition) is 1. The number of ether oxygens (including phenoxy) is 1. The second-order valence-corrected chi connectivity index (χ2v) is 4.32. The van der Waals surface area contributed by atoms with Gasteiger partial charge in [-0.15, -0.1) is 0 Å². The molecule has 0 bridgehead atoms. The van der Waals surface area contributed by atoms with Crippen molar-refractivity contribution in [2.24, 2.45) is 7.05 Å². The fourth-order valence-electron chi connectivity index (χ4n) is 1.82. The molecule has 7 heteroatoms. The number of nitrogens with zero attached hydrogens (tertiary/aromatic N) is 3. The molecule has 0 radical (unpaired) electrons. The van der Waals surface area contributed by atoms with Crippen LogP contribution in [0.1, 0.15) is 34.6 Å². The molecular weight excluding hydrogens is 260 g/mol. The standard InChI is InChI=1S/C13H18N4O3/c1-4-19-13(18)10-6-16-17(3)11(10)7-14-8-12-15-5-9(2)20-12/h5-6,14H,4,7-8H2,1-3H3. The Morgan fingerprint density at radius 3 is 2.90 bits per heavy atom. The van der Waals surface area contributed by atoms with Crippen LogP contribution in [0.25, 0.3) is 0 Å². The van der Waals surface area contributed by atoms with Crippen LogP contribution in [0.4, 0.5) is 0 Å². The van der Waals surface area contributed by atoms with Crippen LogP contribution in [-0.2, 0) is 24.9 Å². The van der Waals surface area contributed by atoms with Crippen molar-refractivity contribution in [2.75, 3.05) is 6.61 Å². The minimum atomic E-state index is -0.357. The van der Waals surface area contributed by atoms with Crippen molar-refractivity contribution in [1.29, 1.82) is 0 Å². The van der Waals surface area contributed by atoms with E-state index in [0.29, 0.717) is 31.2 Å². The van der Waals surface area contributed by atoms with Gasteiger partial charge in [-0.3, -0.25) is 4.68 Å². The van der Waals surface area contributed by atoms with Crippen molar-refractivity contribution in [2.45, 2.75) is 26.9 Å². The van der Waals surface area contributed by atoms with Crippen molar-refractivity contribution in [1.82, 2.24) is 20.1 Å². The molecular formula is C13H18N4O3. The molecule has 0 saturated carbocycles. The third kappa shape index (κ3) is 3.24. The lowest BCUT2D eigenvalue weighted by Crippen LogP contribution is -2.18. The van der Waals surface area contributed by atoms with Gasteiger partial charge in [-0.25, -0.2) is 9.78 Å². The first-order valence-electron chi connectivity index (χ1n) is 6.41. The van der Waals surface area contributed by atoms with E-state index in [0.717, 1.165) is 11.5 Å². The zero-order valence-corrected chi connectivity index (χ0v) is 11.8. The lowest BCUT2D eigenvalue weighted by atomic mass is 10.2. The third-order valence-corrected chi connectivity index (χ3v) is 2.79. The van der Waals surface area contributed by atoms with Crippen LogP contribution in [0.5, 0.6) is 0 Å². The molecule has 0 atom stereocenters. The number of rotatable bonds is 6. The average Bonchev–Trinajstić information content (AvgIpc) is 2.97. The number of nitrogens with one attached hydrogen (secondary N) is 1. The van der Waals surface area contributed by atoms with Gasteiger partial charge < -0.3 is 14.5 Å². The van der Waals surface area contributed by atoms with Crippen LogP contribution in [0, 0.1) is 6.92 Å². The number of esters is 1. The molecule has 2 aromatic heterocycles. The predicted octanol–water partition coefficient (Wildman–Crippen LogP) is 1.18. The summed E-state index contributed by atoms with van der Waals surface area (Å²) in [6.07, 6.45) is 3.19. The first-order chi connectivity index (χ1) is 9.61. The molecule has 0 aliphatic carbocycles. The topological polar surface area (TPSA) is 82.2 Å². The van der Waals surface area contributed by atoms with Gasteiger partial charge in [0.2, 0.25) is 5.89 Å². The molecule has 0 amide bonds. The highest BCUT2D eigenvalue weighted by Gasteiger charge is 2.16. The van der Waals surface area contributed by atoms with Gasteiger partial charge >= 0.3 is 5.97 Å². The molecule has 0 unspecified atom stereocenters. The van der Waals surface area contributed by atoms with E-state index in [1.807, 2.05) is 6.92 Å². The summed E-state index contributed by atoms with van der Waals surface area (Å²) in [7, 11) is 1.79. The quantitative estimate of drug-likeness (QED) is 0.799. The maximum atomic E-state index is 11.8. The Kier molecular flexibility index (Phi) is 4.52. The second-order valence-electron chi connectivity index (χ2n) is 4.32. The monoisotopic (exact) mass is 278 g/mol. The SMILES string of the molecule is CCOC(=O)c1cnn(C)c1CNCc1ncc(C)o1. The van der Waals surface area contributed by atoms with E-state index in [4.69, 9.17) is 9.15 Å². The molecule has 2 rings (SSSR count). The normalized spacial score (nSPS) is 10.8. The Hall–Kier alpha value is -2.15. The first-order valence-corrected chi connectivity index (χ1v) is 6.41. The molecule has 20 heavy (non-hydrogen) atoms. The van der Waals surface area contributed by atoms with E-state index in [2.05, 4.69) is 15.4 Å². The highest BCUT2D eigenvalue weighted by Crippen LogP contribution is 2.10. The van der Waals surface area contributed by atoms with Gasteiger partial charge in [0.25, 0.3) is 0 Å². The molecule has 0 aliphatic rings. The van der Waals surface area contributed by atoms with Gasteiger partial charge in [-0.2, -0.15) is 5.10 Å². The predicted molar refractivity (Wildman–Crippen MR) is 70.9 cm³/mol. The fourth-order valence-corrected chi connectivity index (χ4v) is 1.82. The van der Waals surface area contributed by atoms with E-state index in [-0.39, 0.29) is 5.97 Å². The Morgan fingerprint density at radius 1 is 1.45 bits per heavy atom. The van der Waals surface area contributed by atoms with Gasteiger partial charge in [0, 0.05) is 13.6 Å². The lowest BCUT2D eigenvalue weighted by Gasteiger charge is -2.06. The summed E-state index contributed by atoms with van der Waals surface area (Å²) >= 11 is 0. The largest absolute Gasteiger partial charge is 0.462 e. The fraction of sp³-hybridized carbons (Fsp3) is 0.462. The minimum Gasteiger partial charge on any atom is -0.462 e. The van der Waals surface area contributed by atoms with Crippen molar-refractivity contribution >= 4 is 5.97 Å². The van der Waals surface area contributed by atoms with E-state index in [1.54, 1.807) is 24.9 Å². The maximum Gasteiger partial charge on any atom is 0.341 e. The summed E-state index contributed by atoms with van der Waals surface area (Å²) in [5.74, 6) is 1.03. The van der Waals surface area contributed by atoms with E-state index in [1.165, 1.54) is 6.20 Å². The first kappa shape index (κ1) is 14.3. The summed E-state index contributed by atoms with van der Waals surface area (Å²) in [4.78, 5) is 15.9. The van der Waals surface area contributed by atoms with E-state index < -0.39 is 0 Å². The van der Waals surface area contributed by atoms with E-state index in [9.17, 15) is 4.79 Å². The zero-order valence-electron chi connectivity index (χ0n) is 11.8. The molecule has 2 aromatic rings. The minimum absolute atomic E-state index is 0.343. The van der Waals surface area contributed by atoms with Gasteiger partial charge in [-0.05, 0) is 13.8 Å². The molecule has 7 nitrogen and oxygen atoms in total. The molecule has 2 heterocycles. The number of aromatic nitrogens is 3. The number of carbonyl (C=O) groups is 1.